The second kappa shape index (κ2) is 5.56. The van der Waals surface area contributed by atoms with E-state index in [4.69, 9.17) is 0 Å². The lowest BCUT2D eigenvalue weighted by molar-refractivity contribution is -0.130. The summed E-state index contributed by atoms with van der Waals surface area (Å²) in [6.45, 7) is 3.18. The van der Waals surface area contributed by atoms with Gasteiger partial charge >= 0.3 is 0 Å². The van der Waals surface area contributed by atoms with Gasteiger partial charge in [0.05, 0.1) is 4.88 Å². The highest BCUT2D eigenvalue weighted by Gasteiger charge is 2.39. The third-order valence-electron chi connectivity index (χ3n) is 4.21. The summed E-state index contributed by atoms with van der Waals surface area (Å²) in [5, 5.41) is 1.96. The lowest BCUT2D eigenvalue weighted by atomic mass is 10.0. The van der Waals surface area contributed by atoms with Gasteiger partial charge in [-0.25, -0.2) is 0 Å². The van der Waals surface area contributed by atoms with E-state index >= 15 is 0 Å². The highest BCUT2D eigenvalue weighted by molar-refractivity contribution is 7.12. The zero-order valence-electron chi connectivity index (χ0n) is 11.7. The van der Waals surface area contributed by atoms with E-state index in [0.29, 0.717) is 12.1 Å². The largest absolute Gasteiger partial charge is 0.343 e. The molecule has 1 saturated carbocycles. The van der Waals surface area contributed by atoms with Crippen LogP contribution in [0.1, 0.15) is 42.3 Å². The van der Waals surface area contributed by atoms with Gasteiger partial charge in [0.2, 0.25) is 5.91 Å². The van der Waals surface area contributed by atoms with E-state index in [1.807, 2.05) is 22.4 Å². The summed E-state index contributed by atoms with van der Waals surface area (Å²) in [7, 11) is 0. The molecule has 0 bridgehead atoms. The predicted octanol–water partition coefficient (Wildman–Crippen LogP) is 2.36. The summed E-state index contributed by atoms with van der Waals surface area (Å²) in [4.78, 5) is 28.9. The summed E-state index contributed by atoms with van der Waals surface area (Å²) >= 11 is 1.52. The molecule has 1 aliphatic carbocycles. The molecule has 2 fully saturated rings. The summed E-state index contributed by atoms with van der Waals surface area (Å²) in [5.74, 6) is 0.329. The van der Waals surface area contributed by atoms with Crippen molar-refractivity contribution in [2.24, 2.45) is 0 Å². The SMILES string of the molecule is CC(=O)N1CCC(N(C(=O)c2cccs2)C2CC2)CC1. The highest BCUT2D eigenvalue weighted by atomic mass is 32.1. The number of piperidine rings is 1. The van der Waals surface area contributed by atoms with Crippen LogP contribution in [0.15, 0.2) is 17.5 Å². The summed E-state index contributed by atoms with van der Waals surface area (Å²) in [5.41, 5.74) is 0. The smallest absolute Gasteiger partial charge is 0.264 e. The van der Waals surface area contributed by atoms with Gasteiger partial charge in [0.15, 0.2) is 0 Å². The molecular formula is C15H20N2O2S. The van der Waals surface area contributed by atoms with E-state index < -0.39 is 0 Å². The maximum Gasteiger partial charge on any atom is 0.264 e. The van der Waals surface area contributed by atoms with Crippen LogP contribution < -0.4 is 0 Å². The number of likely N-dealkylation sites (tertiary alicyclic amines) is 1. The topological polar surface area (TPSA) is 40.6 Å². The quantitative estimate of drug-likeness (QED) is 0.858. The second-order valence-electron chi connectivity index (χ2n) is 5.66. The molecule has 2 amide bonds. The van der Waals surface area contributed by atoms with Gasteiger partial charge in [0.1, 0.15) is 0 Å². The number of carbonyl (C=O) groups excluding carboxylic acids is 2. The Bertz CT molecular complexity index is 488. The van der Waals surface area contributed by atoms with Crippen molar-refractivity contribution in [3.05, 3.63) is 22.4 Å². The number of nitrogens with zero attached hydrogens (tertiary/aromatic N) is 2. The number of amides is 2. The van der Waals surface area contributed by atoms with Gasteiger partial charge in [0.25, 0.3) is 5.91 Å². The van der Waals surface area contributed by atoms with E-state index in [1.165, 1.54) is 11.3 Å². The predicted molar refractivity (Wildman–Crippen MR) is 78.8 cm³/mol. The van der Waals surface area contributed by atoms with Gasteiger partial charge in [-0.05, 0) is 37.1 Å². The monoisotopic (exact) mass is 292 g/mol. The van der Waals surface area contributed by atoms with Gasteiger partial charge in [-0.3, -0.25) is 9.59 Å². The van der Waals surface area contributed by atoms with E-state index in [2.05, 4.69) is 4.90 Å². The molecule has 0 aromatic carbocycles. The van der Waals surface area contributed by atoms with E-state index in [-0.39, 0.29) is 11.8 Å². The van der Waals surface area contributed by atoms with Crippen LogP contribution in [0.5, 0.6) is 0 Å². The fourth-order valence-electron chi connectivity index (χ4n) is 2.97. The first-order chi connectivity index (χ1) is 9.66. The zero-order valence-corrected chi connectivity index (χ0v) is 12.6. The standard InChI is InChI=1S/C15H20N2O2S/c1-11(18)16-8-6-13(7-9-16)17(12-4-5-12)15(19)14-3-2-10-20-14/h2-3,10,12-13H,4-9H2,1H3. The summed E-state index contributed by atoms with van der Waals surface area (Å²) in [6, 6.07) is 4.57. The molecule has 2 heterocycles. The number of thiophene rings is 1. The minimum Gasteiger partial charge on any atom is -0.343 e. The molecule has 3 rings (SSSR count). The minimum atomic E-state index is 0.144. The molecule has 1 aliphatic heterocycles. The van der Waals surface area contributed by atoms with Crippen molar-refractivity contribution in [2.75, 3.05) is 13.1 Å². The van der Waals surface area contributed by atoms with Crippen LogP contribution in [0.2, 0.25) is 0 Å². The molecule has 0 atom stereocenters. The molecule has 0 N–H and O–H groups in total. The Hall–Kier alpha value is -1.36. The number of hydrogen-bond donors (Lipinski definition) is 0. The van der Waals surface area contributed by atoms with Crippen molar-refractivity contribution >= 4 is 23.2 Å². The number of hydrogen-bond acceptors (Lipinski definition) is 3. The average molecular weight is 292 g/mol. The van der Waals surface area contributed by atoms with Crippen LogP contribution in [0.25, 0.3) is 0 Å². The summed E-state index contributed by atoms with van der Waals surface area (Å²) in [6.07, 6.45) is 4.08. The molecule has 108 valence electrons. The van der Waals surface area contributed by atoms with Crippen LogP contribution in [-0.2, 0) is 4.79 Å². The van der Waals surface area contributed by atoms with Crippen molar-refractivity contribution in [3.63, 3.8) is 0 Å². The van der Waals surface area contributed by atoms with Crippen molar-refractivity contribution in [1.82, 2.24) is 9.80 Å². The number of carbonyl (C=O) groups is 2. The van der Waals surface area contributed by atoms with E-state index in [0.717, 1.165) is 43.6 Å². The maximum atomic E-state index is 12.7. The van der Waals surface area contributed by atoms with Crippen molar-refractivity contribution in [3.8, 4) is 0 Å². The molecule has 4 nitrogen and oxygen atoms in total. The van der Waals surface area contributed by atoms with E-state index in [1.54, 1.807) is 6.92 Å². The van der Waals surface area contributed by atoms with Gasteiger partial charge in [-0.2, -0.15) is 0 Å². The third kappa shape index (κ3) is 2.73. The zero-order chi connectivity index (χ0) is 14.1. The normalized spacial score (nSPS) is 19.9. The molecule has 0 unspecified atom stereocenters. The Morgan fingerprint density at radius 2 is 1.85 bits per heavy atom. The molecular weight excluding hydrogens is 272 g/mol. The first-order valence-corrected chi connectivity index (χ1v) is 8.16. The Balaban J connectivity index is 1.69. The first kappa shape index (κ1) is 13.6. The Labute approximate surface area is 123 Å². The van der Waals surface area contributed by atoms with Crippen LogP contribution in [0.4, 0.5) is 0 Å². The molecule has 1 saturated heterocycles. The fourth-order valence-corrected chi connectivity index (χ4v) is 3.64. The van der Waals surface area contributed by atoms with Crippen molar-refractivity contribution in [2.45, 2.75) is 44.7 Å². The average Bonchev–Trinajstić information content (AvgIpc) is 3.12. The minimum absolute atomic E-state index is 0.144. The van der Waals surface area contributed by atoms with Gasteiger partial charge in [0, 0.05) is 32.1 Å². The van der Waals surface area contributed by atoms with Crippen LogP contribution in [-0.4, -0.2) is 46.8 Å². The maximum absolute atomic E-state index is 12.7. The molecule has 1 aromatic rings. The highest BCUT2D eigenvalue weighted by Crippen LogP contribution is 2.33. The second-order valence-corrected chi connectivity index (χ2v) is 6.61. The van der Waals surface area contributed by atoms with Crippen LogP contribution in [0.3, 0.4) is 0 Å². The Morgan fingerprint density at radius 1 is 1.20 bits per heavy atom. The van der Waals surface area contributed by atoms with Crippen molar-refractivity contribution < 1.29 is 9.59 Å². The third-order valence-corrected chi connectivity index (χ3v) is 5.07. The van der Waals surface area contributed by atoms with Gasteiger partial charge < -0.3 is 9.80 Å². The van der Waals surface area contributed by atoms with Crippen molar-refractivity contribution in [1.29, 1.82) is 0 Å². The van der Waals surface area contributed by atoms with Crippen LogP contribution >= 0.6 is 11.3 Å². The number of rotatable bonds is 3. The Kier molecular flexibility index (Phi) is 3.78. The molecule has 20 heavy (non-hydrogen) atoms. The van der Waals surface area contributed by atoms with Gasteiger partial charge in [-0.15, -0.1) is 11.3 Å². The lowest BCUT2D eigenvalue weighted by Gasteiger charge is -2.38. The molecule has 0 radical (unpaired) electrons. The van der Waals surface area contributed by atoms with Gasteiger partial charge in [-0.1, -0.05) is 6.07 Å². The van der Waals surface area contributed by atoms with Crippen LogP contribution in [0, 0.1) is 0 Å². The summed E-state index contributed by atoms with van der Waals surface area (Å²) < 4.78 is 0. The molecule has 1 aromatic heterocycles. The molecule has 0 spiro atoms. The molecule has 2 aliphatic rings. The molecule has 5 heteroatoms. The fraction of sp³-hybridized carbons (Fsp3) is 0.600. The first-order valence-electron chi connectivity index (χ1n) is 7.28. The Morgan fingerprint density at radius 3 is 2.35 bits per heavy atom. The van der Waals surface area contributed by atoms with E-state index in [9.17, 15) is 9.59 Å². The lowest BCUT2D eigenvalue weighted by Crippen LogP contribution is -2.49.